The normalized spacial score (nSPS) is 17.6. The van der Waals surface area contributed by atoms with Crippen LogP contribution in [0.1, 0.15) is 29.7 Å². The summed E-state index contributed by atoms with van der Waals surface area (Å²) >= 11 is 10.8. The Labute approximate surface area is 213 Å². The second-order valence-corrected chi connectivity index (χ2v) is 10.2. The Morgan fingerprint density at radius 3 is 2.47 bits per heavy atom. The minimum atomic E-state index is -0.824. The van der Waals surface area contributed by atoms with E-state index in [2.05, 4.69) is 33.9 Å². The molecule has 4 aromatic rings. The van der Waals surface area contributed by atoms with Crippen LogP contribution in [-0.2, 0) is 16.0 Å². The second-order valence-electron chi connectivity index (χ2n) is 7.88. The fraction of sp³-hybridized carbons (Fsp3) is 0.115. The number of fused-ring (bicyclic) bond motifs is 1. The largest absolute Gasteiger partial charge is 0.507 e. The van der Waals surface area contributed by atoms with Gasteiger partial charge >= 0.3 is 5.91 Å². The van der Waals surface area contributed by atoms with Gasteiger partial charge in [-0.15, -0.1) is 0 Å². The molecule has 1 aliphatic heterocycles. The molecule has 8 heteroatoms. The van der Waals surface area contributed by atoms with Crippen molar-refractivity contribution in [1.29, 1.82) is 0 Å². The number of halogens is 2. The highest BCUT2D eigenvalue weighted by atomic mass is 79.9. The first-order valence-electron chi connectivity index (χ1n) is 10.6. The van der Waals surface area contributed by atoms with Gasteiger partial charge in [0.1, 0.15) is 5.76 Å². The molecule has 1 fully saturated rings. The molecule has 0 radical (unpaired) electrons. The van der Waals surface area contributed by atoms with Crippen molar-refractivity contribution in [2.75, 3.05) is 4.90 Å². The van der Waals surface area contributed by atoms with Crippen LogP contribution in [-0.4, -0.2) is 21.8 Å². The van der Waals surface area contributed by atoms with Gasteiger partial charge in [0.2, 0.25) is 0 Å². The van der Waals surface area contributed by atoms with Crippen LogP contribution in [0.2, 0.25) is 5.02 Å². The van der Waals surface area contributed by atoms with Crippen molar-refractivity contribution < 1.29 is 14.7 Å². The molecule has 5 nitrogen and oxygen atoms in total. The lowest BCUT2D eigenvalue weighted by atomic mass is 9.95. The van der Waals surface area contributed by atoms with E-state index in [1.807, 2.05) is 36.4 Å². The number of anilines is 1. The van der Waals surface area contributed by atoms with Crippen molar-refractivity contribution in [1.82, 2.24) is 4.98 Å². The summed E-state index contributed by atoms with van der Waals surface area (Å²) in [4.78, 5) is 32.7. The summed E-state index contributed by atoms with van der Waals surface area (Å²) < 4.78 is 1.79. The molecule has 1 aromatic heterocycles. The molecule has 1 N–H and O–H groups in total. The molecule has 1 aliphatic rings. The van der Waals surface area contributed by atoms with Gasteiger partial charge in [0.15, 0.2) is 5.13 Å². The zero-order valence-electron chi connectivity index (χ0n) is 18.0. The Morgan fingerprint density at radius 2 is 1.79 bits per heavy atom. The van der Waals surface area contributed by atoms with Crippen LogP contribution in [0.15, 0.2) is 76.8 Å². The number of aliphatic hydroxyl groups excluding tert-OH is 1. The van der Waals surface area contributed by atoms with E-state index in [4.69, 9.17) is 11.6 Å². The summed E-state index contributed by atoms with van der Waals surface area (Å²) in [5.41, 5.74) is 3.03. The zero-order chi connectivity index (χ0) is 24.0. The molecule has 0 bridgehead atoms. The van der Waals surface area contributed by atoms with E-state index < -0.39 is 17.7 Å². The number of aromatic nitrogens is 1. The number of carbonyl (C=O) groups is 2. The van der Waals surface area contributed by atoms with E-state index >= 15 is 0 Å². The highest BCUT2D eigenvalue weighted by Crippen LogP contribution is 2.44. The molecule has 0 spiro atoms. The Hall–Kier alpha value is -3.00. The maximum Gasteiger partial charge on any atom is 0.301 e. The highest BCUT2D eigenvalue weighted by Gasteiger charge is 2.48. The predicted molar refractivity (Wildman–Crippen MR) is 139 cm³/mol. The number of ketones is 1. The molecule has 1 amide bonds. The molecule has 0 saturated carbocycles. The van der Waals surface area contributed by atoms with Crippen LogP contribution in [0.5, 0.6) is 0 Å². The molecule has 0 aliphatic carbocycles. The summed E-state index contributed by atoms with van der Waals surface area (Å²) in [7, 11) is 0. The molecular formula is C26H18BrClN2O3S. The first-order chi connectivity index (χ1) is 16.4. The van der Waals surface area contributed by atoms with Crippen molar-refractivity contribution >= 4 is 71.7 Å². The van der Waals surface area contributed by atoms with Gasteiger partial charge in [-0.2, -0.15) is 0 Å². The average Bonchev–Trinajstić information content (AvgIpc) is 3.37. The van der Waals surface area contributed by atoms with Gasteiger partial charge in [-0.1, -0.05) is 64.0 Å². The molecule has 34 heavy (non-hydrogen) atoms. The summed E-state index contributed by atoms with van der Waals surface area (Å²) in [6, 6.07) is 19.0. The first kappa shape index (κ1) is 22.8. The number of amides is 1. The van der Waals surface area contributed by atoms with E-state index in [-0.39, 0.29) is 11.3 Å². The molecule has 1 saturated heterocycles. The number of hydrogen-bond donors (Lipinski definition) is 1. The SMILES string of the molecule is CCc1ccc2nc(N3C(=O)C(=O)/C(=C(/O)c4ccc(Cl)cc4)C3c3ccc(Br)cc3)sc2c1. The van der Waals surface area contributed by atoms with Gasteiger partial charge in [-0.3, -0.25) is 14.5 Å². The number of carbonyl (C=O) groups excluding carboxylic acids is 2. The third-order valence-corrected chi connectivity index (χ3v) is 7.60. The minimum absolute atomic E-state index is 0.0168. The van der Waals surface area contributed by atoms with E-state index in [9.17, 15) is 14.7 Å². The van der Waals surface area contributed by atoms with Crippen LogP contribution in [0.25, 0.3) is 16.0 Å². The third-order valence-electron chi connectivity index (χ3n) is 5.80. The van der Waals surface area contributed by atoms with Gasteiger partial charge in [-0.05, 0) is 66.1 Å². The zero-order valence-corrected chi connectivity index (χ0v) is 21.1. The number of nitrogens with zero attached hydrogens (tertiary/aromatic N) is 2. The van der Waals surface area contributed by atoms with Crippen LogP contribution in [0, 0.1) is 0 Å². The number of aliphatic hydroxyl groups is 1. The maximum atomic E-state index is 13.3. The van der Waals surface area contributed by atoms with Crippen molar-refractivity contribution in [3.05, 3.63) is 98.5 Å². The topological polar surface area (TPSA) is 70.5 Å². The van der Waals surface area contributed by atoms with Gasteiger partial charge in [0.05, 0.1) is 21.8 Å². The number of hydrogen-bond acceptors (Lipinski definition) is 5. The quantitative estimate of drug-likeness (QED) is 0.169. The Balaban J connectivity index is 1.71. The molecule has 1 atom stereocenters. The van der Waals surface area contributed by atoms with Crippen LogP contribution in [0.3, 0.4) is 0 Å². The lowest BCUT2D eigenvalue weighted by Crippen LogP contribution is -2.29. The Kier molecular flexibility index (Phi) is 6.02. The minimum Gasteiger partial charge on any atom is -0.507 e. The van der Waals surface area contributed by atoms with Crippen molar-refractivity contribution in [2.24, 2.45) is 0 Å². The van der Waals surface area contributed by atoms with Crippen LogP contribution < -0.4 is 4.90 Å². The lowest BCUT2D eigenvalue weighted by Gasteiger charge is -2.23. The maximum absolute atomic E-state index is 13.3. The van der Waals surface area contributed by atoms with Crippen molar-refractivity contribution in [3.63, 3.8) is 0 Å². The van der Waals surface area contributed by atoms with Gasteiger partial charge in [0, 0.05) is 15.1 Å². The molecule has 2 heterocycles. The Bertz CT molecular complexity index is 1460. The van der Waals surface area contributed by atoms with Gasteiger partial charge < -0.3 is 5.11 Å². The van der Waals surface area contributed by atoms with Crippen LogP contribution in [0.4, 0.5) is 5.13 Å². The summed E-state index contributed by atoms with van der Waals surface area (Å²) in [5.74, 6) is -1.73. The van der Waals surface area contributed by atoms with Crippen LogP contribution >= 0.6 is 38.9 Å². The standard InChI is InChI=1S/C26H18BrClN2O3S/c1-2-14-3-12-19-20(13-14)34-26(29-19)30-22(15-4-8-17(27)9-5-15)21(24(32)25(30)33)23(31)16-6-10-18(28)11-7-16/h3-13,22,31H,2H2,1H3/b23-21+. The second kappa shape index (κ2) is 8.98. The molecule has 3 aromatic carbocycles. The van der Waals surface area contributed by atoms with E-state index in [0.29, 0.717) is 21.3 Å². The predicted octanol–water partition coefficient (Wildman–Crippen LogP) is 6.90. The Morgan fingerprint density at radius 1 is 1.09 bits per heavy atom. The number of thiazole rings is 1. The first-order valence-corrected chi connectivity index (χ1v) is 12.6. The number of Topliss-reactive ketones (excluding diaryl/α,β-unsaturated/α-hetero) is 1. The molecular weight excluding hydrogens is 536 g/mol. The fourth-order valence-corrected chi connectivity index (χ4v) is 5.48. The summed E-state index contributed by atoms with van der Waals surface area (Å²) in [5, 5.41) is 12.1. The fourth-order valence-electron chi connectivity index (χ4n) is 4.03. The van der Waals surface area contributed by atoms with E-state index in [1.165, 1.54) is 16.2 Å². The van der Waals surface area contributed by atoms with E-state index in [1.54, 1.807) is 24.3 Å². The number of aryl methyl sites for hydroxylation is 1. The highest BCUT2D eigenvalue weighted by molar-refractivity contribution is 9.10. The molecule has 5 rings (SSSR count). The number of rotatable bonds is 4. The lowest BCUT2D eigenvalue weighted by molar-refractivity contribution is -0.132. The summed E-state index contributed by atoms with van der Waals surface area (Å²) in [6.07, 6.45) is 0.883. The van der Waals surface area contributed by atoms with Gasteiger partial charge in [0.25, 0.3) is 5.78 Å². The molecule has 1 unspecified atom stereocenters. The van der Waals surface area contributed by atoms with Gasteiger partial charge in [-0.25, -0.2) is 4.98 Å². The van der Waals surface area contributed by atoms with E-state index in [0.717, 1.165) is 26.7 Å². The third kappa shape index (κ3) is 3.94. The number of benzene rings is 3. The summed E-state index contributed by atoms with van der Waals surface area (Å²) in [6.45, 7) is 2.08. The average molecular weight is 554 g/mol. The monoisotopic (exact) mass is 552 g/mol. The van der Waals surface area contributed by atoms with Crippen molar-refractivity contribution in [2.45, 2.75) is 19.4 Å². The molecule has 170 valence electrons. The smallest absolute Gasteiger partial charge is 0.301 e. The van der Waals surface area contributed by atoms with Crippen molar-refractivity contribution in [3.8, 4) is 0 Å².